The molecule has 0 bridgehead atoms. The maximum Gasteiger partial charge on any atom is 0.0602 e. The fourth-order valence-corrected chi connectivity index (χ4v) is 1.35. The van der Waals surface area contributed by atoms with Crippen LogP contribution >= 0.6 is 11.6 Å². The maximum absolute atomic E-state index is 5.46. The summed E-state index contributed by atoms with van der Waals surface area (Å²) in [6.07, 6.45) is 2.57. The standard InChI is InChI=1S/C10H22ClNO/c1-3-4-10(2)9-12-6-8-13-7-5-11/h10,12H,3-9H2,1-2H3. The van der Waals surface area contributed by atoms with E-state index < -0.39 is 0 Å². The lowest BCUT2D eigenvalue weighted by Gasteiger charge is -2.11. The molecule has 0 amide bonds. The second-order valence-electron chi connectivity index (χ2n) is 3.40. The van der Waals surface area contributed by atoms with Crippen LogP contribution in [0.25, 0.3) is 0 Å². The van der Waals surface area contributed by atoms with Gasteiger partial charge in [-0.15, -0.1) is 11.6 Å². The third-order valence-electron chi connectivity index (χ3n) is 1.92. The molecule has 0 heterocycles. The summed E-state index contributed by atoms with van der Waals surface area (Å²) in [5, 5.41) is 3.36. The van der Waals surface area contributed by atoms with Crippen LogP contribution in [0.1, 0.15) is 26.7 Å². The van der Waals surface area contributed by atoms with E-state index >= 15 is 0 Å². The van der Waals surface area contributed by atoms with Crippen LogP contribution in [0.15, 0.2) is 0 Å². The fraction of sp³-hybridized carbons (Fsp3) is 1.00. The second kappa shape index (κ2) is 10.3. The Hall–Kier alpha value is 0.210. The van der Waals surface area contributed by atoms with Gasteiger partial charge < -0.3 is 10.1 Å². The Morgan fingerprint density at radius 1 is 1.38 bits per heavy atom. The van der Waals surface area contributed by atoms with Crippen LogP contribution in [0.2, 0.25) is 0 Å². The highest BCUT2D eigenvalue weighted by atomic mass is 35.5. The molecule has 0 aromatic rings. The smallest absolute Gasteiger partial charge is 0.0602 e. The van der Waals surface area contributed by atoms with Crippen molar-refractivity contribution in [2.75, 3.05) is 32.2 Å². The van der Waals surface area contributed by atoms with E-state index in [1.165, 1.54) is 12.8 Å². The topological polar surface area (TPSA) is 21.3 Å². The van der Waals surface area contributed by atoms with Gasteiger partial charge in [-0.25, -0.2) is 0 Å². The van der Waals surface area contributed by atoms with Crippen molar-refractivity contribution in [1.29, 1.82) is 0 Å². The van der Waals surface area contributed by atoms with Crippen LogP contribution in [0.3, 0.4) is 0 Å². The Bertz CT molecular complexity index is 101. The monoisotopic (exact) mass is 207 g/mol. The highest BCUT2D eigenvalue weighted by Gasteiger charge is 1.98. The molecule has 80 valence electrons. The zero-order chi connectivity index (χ0) is 9.94. The average Bonchev–Trinajstić information content (AvgIpc) is 2.11. The van der Waals surface area contributed by atoms with E-state index in [0.29, 0.717) is 12.5 Å². The Morgan fingerprint density at radius 3 is 2.77 bits per heavy atom. The van der Waals surface area contributed by atoms with E-state index in [-0.39, 0.29) is 0 Å². The summed E-state index contributed by atoms with van der Waals surface area (Å²) in [4.78, 5) is 0. The van der Waals surface area contributed by atoms with Crippen LogP contribution in [0, 0.1) is 5.92 Å². The van der Waals surface area contributed by atoms with Crippen molar-refractivity contribution in [3.63, 3.8) is 0 Å². The molecule has 0 spiro atoms. The predicted octanol–water partition coefficient (Wildman–Crippen LogP) is 2.27. The minimum absolute atomic E-state index is 0.590. The first-order valence-electron chi connectivity index (χ1n) is 5.15. The number of hydrogen-bond acceptors (Lipinski definition) is 2. The van der Waals surface area contributed by atoms with Gasteiger partial charge in [0.1, 0.15) is 0 Å². The van der Waals surface area contributed by atoms with Crippen molar-refractivity contribution in [3.8, 4) is 0 Å². The molecule has 0 fully saturated rings. The molecule has 0 aliphatic heterocycles. The lowest BCUT2D eigenvalue weighted by atomic mass is 10.1. The lowest BCUT2D eigenvalue weighted by Crippen LogP contribution is -2.25. The van der Waals surface area contributed by atoms with Gasteiger partial charge in [-0.05, 0) is 18.9 Å². The molecule has 1 N–H and O–H groups in total. The molecule has 0 aromatic carbocycles. The van der Waals surface area contributed by atoms with E-state index in [9.17, 15) is 0 Å². The lowest BCUT2D eigenvalue weighted by molar-refractivity contribution is 0.150. The Balaban J connectivity index is 2.97. The molecule has 0 aliphatic rings. The van der Waals surface area contributed by atoms with Gasteiger partial charge >= 0.3 is 0 Å². The molecular weight excluding hydrogens is 186 g/mol. The Labute approximate surface area is 87.0 Å². The van der Waals surface area contributed by atoms with E-state index in [1.807, 2.05) is 0 Å². The zero-order valence-corrected chi connectivity index (χ0v) is 9.57. The third kappa shape index (κ3) is 10.1. The highest BCUT2D eigenvalue weighted by molar-refractivity contribution is 6.17. The molecule has 0 saturated heterocycles. The molecule has 0 rings (SSSR count). The van der Waals surface area contributed by atoms with Crippen LogP contribution in [0.4, 0.5) is 0 Å². The summed E-state index contributed by atoms with van der Waals surface area (Å²) >= 11 is 5.46. The summed E-state index contributed by atoms with van der Waals surface area (Å²) in [6, 6.07) is 0. The van der Waals surface area contributed by atoms with Gasteiger partial charge in [0.25, 0.3) is 0 Å². The fourth-order valence-electron chi connectivity index (χ4n) is 1.24. The molecule has 3 heteroatoms. The Kier molecular flexibility index (Phi) is 10.5. The third-order valence-corrected chi connectivity index (χ3v) is 2.07. The highest BCUT2D eigenvalue weighted by Crippen LogP contribution is 2.01. The second-order valence-corrected chi connectivity index (χ2v) is 3.78. The van der Waals surface area contributed by atoms with Crippen LogP contribution in [0.5, 0.6) is 0 Å². The molecule has 0 saturated carbocycles. The number of alkyl halides is 1. The SMILES string of the molecule is CCCC(C)CNCCOCCCl. The normalized spacial score (nSPS) is 13.2. The molecule has 0 aliphatic carbocycles. The van der Waals surface area contributed by atoms with Gasteiger partial charge in [-0.2, -0.15) is 0 Å². The zero-order valence-electron chi connectivity index (χ0n) is 8.81. The number of hydrogen-bond donors (Lipinski definition) is 1. The summed E-state index contributed by atoms with van der Waals surface area (Å²) in [6.45, 7) is 7.96. The number of halogens is 1. The largest absolute Gasteiger partial charge is 0.379 e. The van der Waals surface area contributed by atoms with Crippen molar-refractivity contribution >= 4 is 11.6 Å². The summed E-state index contributed by atoms with van der Waals surface area (Å²) in [5.74, 6) is 1.37. The molecule has 13 heavy (non-hydrogen) atoms. The van der Waals surface area contributed by atoms with Crippen molar-refractivity contribution in [1.82, 2.24) is 5.32 Å². The van der Waals surface area contributed by atoms with Gasteiger partial charge in [0.05, 0.1) is 13.2 Å². The average molecular weight is 208 g/mol. The van der Waals surface area contributed by atoms with Gasteiger partial charge in [-0.1, -0.05) is 20.3 Å². The number of rotatable bonds is 9. The minimum atomic E-state index is 0.590. The molecule has 0 radical (unpaired) electrons. The van der Waals surface area contributed by atoms with Crippen molar-refractivity contribution < 1.29 is 4.74 Å². The first-order valence-corrected chi connectivity index (χ1v) is 5.69. The van der Waals surface area contributed by atoms with Crippen LogP contribution in [-0.2, 0) is 4.74 Å². The summed E-state index contributed by atoms with van der Waals surface area (Å²) in [5.41, 5.74) is 0. The first-order chi connectivity index (χ1) is 6.31. The number of nitrogens with one attached hydrogen (secondary N) is 1. The van der Waals surface area contributed by atoms with E-state index in [4.69, 9.17) is 16.3 Å². The van der Waals surface area contributed by atoms with Crippen molar-refractivity contribution in [2.45, 2.75) is 26.7 Å². The van der Waals surface area contributed by atoms with E-state index in [1.54, 1.807) is 0 Å². The molecule has 0 aromatic heterocycles. The van der Waals surface area contributed by atoms with E-state index in [2.05, 4.69) is 19.2 Å². The van der Waals surface area contributed by atoms with Gasteiger partial charge in [0.2, 0.25) is 0 Å². The molecular formula is C10H22ClNO. The summed E-state index contributed by atoms with van der Waals surface area (Å²) in [7, 11) is 0. The van der Waals surface area contributed by atoms with Gasteiger partial charge in [0, 0.05) is 12.4 Å². The van der Waals surface area contributed by atoms with Gasteiger partial charge in [-0.3, -0.25) is 0 Å². The predicted molar refractivity (Wildman–Crippen MR) is 58.5 cm³/mol. The molecule has 1 unspecified atom stereocenters. The molecule has 2 nitrogen and oxygen atoms in total. The van der Waals surface area contributed by atoms with Crippen LogP contribution in [-0.4, -0.2) is 32.2 Å². The summed E-state index contributed by atoms with van der Waals surface area (Å²) < 4.78 is 5.23. The quantitative estimate of drug-likeness (QED) is 0.463. The van der Waals surface area contributed by atoms with Gasteiger partial charge in [0.15, 0.2) is 0 Å². The minimum Gasteiger partial charge on any atom is -0.379 e. The van der Waals surface area contributed by atoms with E-state index in [0.717, 1.165) is 25.6 Å². The first kappa shape index (κ1) is 13.2. The maximum atomic E-state index is 5.46. The number of ether oxygens (including phenoxy) is 1. The van der Waals surface area contributed by atoms with Crippen molar-refractivity contribution in [2.24, 2.45) is 5.92 Å². The van der Waals surface area contributed by atoms with Crippen LogP contribution < -0.4 is 5.32 Å². The molecule has 1 atom stereocenters. The Morgan fingerprint density at radius 2 is 2.15 bits per heavy atom. The van der Waals surface area contributed by atoms with Crippen molar-refractivity contribution in [3.05, 3.63) is 0 Å².